The van der Waals surface area contributed by atoms with Gasteiger partial charge in [-0.15, -0.1) is 0 Å². The monoisotopic (exact) mass is 262 g/mol. The van der Waals surface area contributed by atoms with Gasteiger partial charge in [-0.25, -0.2) is 0 Å². The molecule has 0 bridgehead atoms. The maximum Gasteiger partial charge on any atom is 0.425 e. The first-order valence-electron chi connectivity index (χ1n) is 5.07. The molecule has 0 radical (unpaired) electrons. The number of benzene rings is 1. The van der Waals surface area contributed by atoms with Gasteiger partial charge in [0.2, 0.25) is 0 Å². The van der Waals surface area contributed by atoms with Crippen LogP contribution in [0.5, 0.6) is 5.75 Å². The summed E-state index contributed by atoms with van der Waals surface area (Å²) in [6.07, 6.45) is -6.46. The SMILES string of the molecule is Cc1ccc(C(N)=NO)c(OC(C)C(F)(F)F)c1. The van der Waals surface area contributed by atoms with E-state index < -0.39 is 12.3 Å². The summed E-state index contributed by atoms with van der Waals surface area (Å²) in [5, 5.41) is 11.3. The van der Waals surface area contributed by atoms with Crippen molar-refractivity contribution in [3.8, 4) is 5.75 Å². The van der Waals surface area contributed by atoms with Crippen molar-refractivity contribution < 1.29 is 23.1 Å². The van der Waals surface area contributed by atoms with E-state index in [1.807, 2.05) is 0 Å². The second-order valence-corrected chi connectivity index (χ2v) is 3.79. The van der Waals surface area contributed by atoms with Crippen LogP contribution in [0.2, 0.25) is 0 Å². The molecule has 4 nitrogen and oxygen atoms in total. The second kappa shape index (κ2) is 5.16. The van der Waals surface area contributed by atoms with Gasteiger partial charge in [-0.3, -0.25) is 0 Å². The van der Waals surface area contributed by atoms with Crippen LogP contribution in [0, 0.1) is 6.92 Å². The van der Waals surface area contributed by atoms with E-state index in [9.17, 15) is 13.2 Å². The first-order chi connectivity index (χ1) is 8.25. The summed E-state index contributed by atoms with van der Waals surface area (Å²) < 4.78 is 42.1. The summed E-state index contributed by atoms with van der Waals surface area (Å²) in [6.45, 7) is 2.58. The topological polar surface area (TPSA) is 67.8 Å². The number of rotatable bonds is 3. The first kappa shape index (κ1) is 14.1. The molecule has 0 aromatic heterocycles. The van der Waals surface area contributed by atoms with Gasteiger partial charge in [0, 0.05) is 0 Å². The highest BCUT2D eigenvalue weighted by Crippen LogP contribution is 2.27. The van der Waals surface area contributed by atoms with Crippen molar-refractivity contribution in [3.63, 3.8) is 0 Å². The number of oxime groups is 1. The van der Waals surface area contributed by atoms with Crippen LogP contribution in [0.15, 0.2) is 23.4 Å². The predicted octanol–water partition coefficient (Wildman–Crippen LogP) is 2.42. The molecule has 18 heavy (non-hydrogen) atoms. The average molecular weight is 262 g/mol. The Morgan fingerprint density at radius 1 is 1.44 bits per heavy atom. The minimum atomic E-state index is -4.48. The third-order valence-corrected chi connectivity index (χ3v) is 2.29. The Kier molecular flexibility index (Phi) is 4.05. The van der Waals surface area contributed by atoms with E-state index in [0.717, 1.165) is 6.92 Å². The molecule has 1 aromatic rings. The molecule has 7 heteroatoms. The molecule has 1 rings (SSSR count). The first-order valence-corrected chi connectivity index (χ1v) is 5.07. The van der Waals surface area contributed by atoms with Crippen LogP contribution in [0.1, 0.15) is 18.1 Å². The quantitative estimate of drug-likeness (QED) is 0.380. The van der Waals surface area contributed by atoms with E-state index in [0.29, 0.717) is 5.56 Å². The van der Waals surface area contributed by atoms with Crippen LogP contribution in [-0.2, 0) is 0 Å². The lowest BCUT2D eigenvalue weighted by molar-refractivity contribution is -0.189. The lowest BCUT2D eigenvalue weighted by Gasteiger charge is -2.19. The summed E-state index contributed by atoms with van der Waals surface area (Å²) in [6, 6.07) is 4.46. The Hall–Kier alpha value is -1.92. The maximum atomic E-state index is 12.4. The predicted molar refractivity (Wildman–Crippen MR) is 59.8 cm³/mol. The van der Waals surface area contributed by atoms with Crippen molar-refractivity contribution in [1.82, 2.24) is 0 Å². The number of aryl methyl sites for hydroxylation is 1. The summed E-state index contributed by atoms with van der Waals surface area (Å²) in [5.74, 6) is -0.380. The fourth-order valence-corrected chi connectivity index (χ4v) is 1.25. The Morgan fingerprint density at radius 3 is 2.56 bits per heavy atom. The Balaban J connectivity index is 3.11. The lowest BCUT2D eigenvalue weighted by atomic mass is 10.1. The summed E-state index contributed by atoms with van der Waals surface area (Å²) in [7, 11) is 0. The number of ether oxygens (including phenoxy) is 1. The van der Waals surface area contributed by atoms with Gasteiger partial charge >= 0.3 is 6.18 Å². The molecule has 0 spiro atoms. The molecule has 0 aliphatic heterocycles. The van der Waals surface area contributed by atoms with Gasteiger partial charge < -0.3 is 15.7 Å². The van der Waals surface area contributed by atoms with Crippen molar-refractivity contribution >= 4 is 5.84 Å². The summed E-state index contributed by atoms with van der Waals surface area (Å²) in [4.78, 5) is 0. The Morgan fingerprint density at radius 2 is 2.06 bits per heavy atom. The van der Waals surface area contributed by atoms with Gasteiger partial charge in [0.05, 0.1) is 5.56 Å². The lowest BCUT2D eigenvalue weighted by Crippen LogP contribution is -2.32. The van der Waals surface area contributed by atoms with Crippen LogP contribution < -0.4 is 10.5 Å². The average Bonchev–Trinajstić information content (AvgIpc) is 2.27. The minimum Gasteiger partial charge on any atom is -0.480 e. The van der Waals surface area contributed by atoms with Crippen LogP contribution in [0.3, 0.4) is 0 Å². The third-order valence-electron chi connectivity index (χ3n) is 2.29. The van der Waals surface area contributed by atoms with Crippen LogP contribution in [0.4, 0.5) is 13.2 Å². The molecule has 0 amide bonds. The highest BCUT2D eigenvalue weighted by molar-refractivity contribution is 5.99. The number of halogens is 3. The van der Waals surface area contributed by atoms with Crippen molar-refractivity contribution in [1.29, 1.82) is 0 Å². The summed E-state index contributed by atoms with van der Waals surface area (Å²) >= 11 is 0. The van der Waals surface area contributed by atoms with Gasteiger partial charge in [0.15, 0.2) is 11.9 Å². The number of nitrogens with two attached hydrogens (primary N) is 1. The molecule has 0 aliphatic carbocycles. The van der Waals surface area contributed by atoms with Gasteiger partial charge in [-0.2, -0.15) is 13.2 Å². The zero-order valence-corrected chi connectivity index (χ0v) is 9.82. The van der Waals surface area contributed by atoms with Crippen LogP contribution >= 0.6 is 0 Å². The minimum absolute atomic E-state index is 0.0740. The molecule has 0 aliphatic rings. The number of alkyl halides is 3. The highest BCUT2D eigenvalue weighted by Gasteiger charge is 2.38. The fourth-order valence-electron chi connectivity index (χ4n) is 1.25. The van der Waals surface area contributed by atoms with E-state index in [1.54, 1.807) is 13.0 Å². The van der Waals surface area contributed by atoms with Gasteiger partial charge in [0.25, 0.3) is 0 Å². The Labute approximate surface area is 102 Å². The number of nitrogens with zero attached hydrogens (tertiary/aromatic N) is 1. The van der Waals surface area contributed by atoms with Crippen molar-refractivity contribution in [2.45, 2.75) is 26.1 Å². The number of hydrogen-bond acceptors (Lipinski definition) is 3. The van der Waals surface area contributed by atoms with E-state index in [2.05, 4.69) is 5.16 Å². The molecule has 1 atom stereocenters. The van der Waals surface area contributed by atoms with Crippen LogP contribution in [-0.4, -0.2) is 23.3 Å². The molecular formula is C11H13F3N2O2. The van der Waals surface area contributed by atoms with Crippen molar-refractivity contribution in [3.05, 3.63) is 29.3 Å². The maximum absolute atomic E-state index is 12.4. The van der Waals surface area contributed by atoms with Crippen molar-refractivity contribution in [2.75, 3.05) is 0 Å². The van der Waals surface area contributed by atoms with Gasteiger partial charge in [-0.1, -0.05) is 11.2 Å². The van der Waals surface area contributed by atoms with Gasteiger partial charge in [-0.05, 0) is 31.5 Å². The molecule has 0 heterocycles. The zero-order valence-electron chi connectivity index (χ0n) is 9.82. The second-order valence-electron chi connectivity index (χ2n) is 3.79. The number of hydrogen-bond donors (Lipinski definition) is 2. The molecule has 0 fully saturated rings. The molecule has 100 valence electrons. The largest absolute Gasteiger partial charge is 0.480 e. The van der Waals surface area contributed by atoms with E-state index in [1.165, 1.54) is 12.1 Å². The Bertz CT molecular complexity index is 458. The molecule has 1 unspecified atom stereocenters. The van der Waals surface area contributed by atoms with E-state index >= 15 is 0 Å². The van der Waals surface area contributed by atoms with Crippen molar-refractivity contribution in [2.24, 2.45) is 10.9 Å². The smallest absolute Gasteiger partial charge is 0.425 e. The normalized spacial score (nSPS) is 14.4. The number of amidine groups is 1. The van der Waals surface area contributed by atoms with E-state index in [4.69, 9.17) is 15.7 Å². The molecule has 3 N–H and O–H groups in total. The highest BCUT2D eigenvalue weighted by atomic mass is 19.4. The molecular weight excluding hydrogens is 249 g/mol. The molecule has 1 aromatic carbocycles. The van der Waals surface area contributed by atoms with Gasteiger partial charge in [0.1, 0.15) is 5.75 Å². The standard InChI is InChI=1S/C11H13F3N2O2/c1-6-3-4-8(10(15)16-17)9(5-6)18-7(2)11(12,13)14/h3-5,7,17H,1-2H3,(H2,15,16). The summed E-state index contributed by atoms with van der Waals surface area (Å²) in [5.41, 5.74) is 6.18. The third kappa shape index (κ3) is 3.28. The molecule has 0 saturated heterocycles. The van der Waals surface area contributed by atoms with Crippen LogP contribution in [0.25, 0.3) is 0 Å². The fraction of sp³-hybridized carbons (Fsp3) is 0.364. The van der Waals surface area contributed by atoms with E-state index in [-0.39, 0.29) is 17.1 Å². The zero-order chi connectivity index (χ0) is 13.9. The molecule has 0 saturated carbocycles.